The lowest BCUT2D eigenvalue weighted by atomic mass is 10.1. The molecule has 0 aromatic heterocycles. The van der Waals surface area contributed by atoms with Crippen molar-refractivity contribution in [3.8, 4) is 11.5 Å². The predicted molar refractivity (Wildman–Crippen MR) is 95.3 cm³/mol. The van der Waals surface area contributed by atoms with Gasteiger partial charge in [0.2, 0.25) is 5.91 Å². The van der Waals surface area contributed by atoms with Crippen LogP contribution in [0.4, 0.5) is 24.5 Å². The highest BCUT2D eigenvalue weighted by Gasteiger charge is 2.32. The molecule has 1 atom stereocenters. The summed E-state index contributed by atoms with van der Waals surface area (Å²) >= 11 is 0. The quantitative estimate of drug-likeness (QED) is 0.839. The molecule has 0 saturated heterocycles. The highest BCUT2D eigenvalue weighted by Crippen LogP contribution is 2.33. The van der Waals surface area contributed by atoms with Gasteiger partial charge in [0, 0.05) is 24.7 Å². The van der Waals surface area contributed by atoms with Gasteiger partial charge in [-0.3, -0.25) is 9.59 Å². The van der Waals surface area contributed by atoms with E-state index in [4.69, 9.17) is 4.74 Å². The summed E-state index contributed by atoms with van der Waals surface area (Å²) in [6.07, 6.45) is -5.53. The predicted octanol–water partition coefficient (Wildman–Crippen LogP) is 3.73. The van der Waals surface area contributed by atoms with Crippen LogP contribution in [0.5, 0.6) is 11.5 Å². The second-order valence-electron chi connectivity index (χ2n) is 6.09. The molecule has 0 aliphatic carbocycles. The third-order valence-corrected chi connectivity index (χ3v) is 3.99. The maximum atomic E-state index is 12.4. The Bertz CT molecular complexity index is 885. The number of hydrogen-bond acceptors (Lipinski definition) is 4. The van der Waals surface area contributed by atoms with Crippen LogP contribution in [0.2, 0.25) is 0 Å². The highest BCUT2D eigenvalue weighted by atomic mass is 19.4. The molecule has 2 aromatic rings. The van der Waals surface area contributed by atoms with Gasteiger partial charge in [-0.05, 0) is 31.2 Å². The average molecular weight is 394 g/mol. The highest BCUT2D eigenvalue weighted by molar-refractivity contribution is 6.00. The van der Waals surface area contributed by atoms with Gasteiger partial charge in [0.1, 0.15) is 11.5 Å². The number of nitrogens with one attached hydrogen (secondary N) is 1. The lowest BCUT2D eigenvalue weighted by Crippen LogP contribution is -2.45. The van der Waals surface area contributed by atoms with Gasteiger partial charge in [-0.2, -0.15) is 0 Å². The fourth-order valence-electron chi connectivity index (χ4n) is 2.80. The minimum atomic E-state index is -4.82. The summed E-state index contributed by atoms with van der Waals surface area (Å²) in [7, 11) is 0. The van der Waals surface area contributed by atoms with Crippen molar-refractivity contribution in [3.63, 3.8) is 0 Å². The molecular weight excluding hydrogens is 377 g/mol. The van der Waals surface area contributed by atoms with E-state index in [1.165, 1.54) is 17.0 Å². The molecule has 2 aromatic carbocycles. The van der Waals surface area contributed by atoms with Crippen LogP contribution >= 0.6 is 0 Å². The summed E-state index contributed by atoms with van der Waals surface area (Å²) in [4.78, 5) is 26.1. The second kappa shape index (κ2) is 7.79. The summed E-state index contributed by atoms with van der Waals surface area (Å²) in [5, 5.41) is 2.50. The summed E-state index contributed by atoms with van der Waals surface area (Å²) in [5.74, 6) is -0.607. The van der Waals surface area contributed by atoms with E-state index in [9.17, 15) is 22.8 Å². The average Bonchev–Trinajstić information content (AvgIpc) is 2.61. The molecule has 6 nitrogen and oxygen atoms in total. The third-order valence-electron chi connectivity index (χ3n) is 3.99. The van der Waals surface area contributed by atoms with Crippen LogP contribution in [-0.4, -0.2) is 30.8 Å². The smallest absolute Gasteiger partial charge is 0.479 e. The van der Waals surface area contributed by atoms with Gasteiger partial charge in [0.05, 0.1) is 5.69 Å². The number of ether oxygens (including phenoxy) is 2. The van der Waals surface area contributed by atoms with Crippen molar-refractivity contribution in [2.24, 2.45) is 0 Å². The number of fused-ring (bicyclic) bond motifs is 1. The summed E-state index contributed by atoms with van der Waals surface area (Å²) in [6.45, 7) is 1.73. The van der Waals surface area contributed by atoms with Crippen LogP contribution in [0.1, 0.15) is 13.3 Å². The number of halogens is 3. The zero-order chi connectivity index (χ0) is 20.3. The molecule has 1 aliphatic heterocycles. The number of nitrogens with zero attached hydrogens (tertiary/aromatic N) is 1. The molecule has 0 fully saturated rings. The molecule has 1 N–H and O–H groups in total. The summed E-state index contributed by atoms with van der Waals surface area (Å²) in [5.41, 5.74) is 0.729. The molecule has 0 saturated carbocycles. The van der Waals surface area contributed by atoms with E-state index in [2.05, 4.69) is 10.1 Å². The van der Waals surface area contributed by atoms with E-state index in [1.807, 2.05) is 0 Å². The number of carbonyl (C=O) groups excluding carboxylic acids is 2. The molecule has 0 bridgehead atoms. The number of carbonyl (C=O) groups is 2. The molecule has 1 aliphatic rings. The van der Waals surface area contributed by atoms with Crippen LogP contribution in [-0.2, 0) is 9.59 Å². The van der Waals surface area contributed by atoms with Gasteiger partial charge in [0.25, 0.3) is 5.91 Å². The van der Waals surface area contributed by atoms with E-state index >= 15 is 0 Å². The van der Waals surface area contributed by atoms with Crippen molar-refractivity contribution in [3.05, 3.63) is 48.5 Å². The van der Waals surface area contributed by atoms with Crippen LogP contribution in [0.3, 0.4) is 0 Å². The number of para-hydroxylation sites is 2. The third kappa shape index (κ3) is 4.73. The summed E-state index contributed by atoms with van der Waals surface area (Å²) < 4.78 is 46.2. The Morgan fingerprint density at radius 2 is 1.96 bits per heavy atom. The number of rotatable bonds is 5. The maximum Gasteiger partial charge on any atom is 0.573 e. The molecule has 0 radical (unpaired) electrons. The Hall–Kier alpha value is -3.23. The SMILES string of the molecule is CC1Oc2ccccc2N(CCC(=O)Nc2cccc(OC(F)(F)F)c2)C1=O. The Labute approximate surface area is 158 Å². The standard InChI is InChI=1S/C19H17F3N2O4/c1-12-18(26)24(15-7-2-3-8-16(15)27-12)10-9-17(25)23-13-5-4-6-14(11-13)28-19(20,21)22/h2-8,11-12H,9-10H2,1H3,(H,23,25). The van der Waals surface area contributed by atoms with Crippen molar-refractivity contribution in [1.82, 2.24) is 0 Å². The Balaban J connectivity index is 1.63. The van der Waals surface area contributed by atoms with Crippen molar-refractivity contribution < 1.29 is 32.2 Å². The number of hydrogen-bond donors (Lipinski definition) is 1. The van der Waals surface area contributed by atoms with Crippen LogP contribution in [0.15, 0.2) is 48.5 Å². The number of amides is 2. The Morgan fingerprint density at radius 3 is 2.71 bits per heavy atom. The Kier molecular flexibility index (Phi) is 5.43. The fourth-order valence-corrected chi connectivity index (χ4v) is 2.80. The van der Waals surface area contributed by atoms with Crippen molar-refractivity contribution >= 4 is 23.2 Å². The number of benzene rings is 2. The van der Waals surface area contributed by atoms with Gasteiger partial charge in [-0.25, -0.2) is 0 Å². The molecule has 1 unspecified atom stereocenters. The zero-order valence-corrected chi connectivity index (χ0v) is 14.8. The number of anilines is 2. The first-order valence-electron chi connectivity index (χ1n) is 8.46. The first kappa shape index (κ1) is 19.5. The second-order valence-corrected chi connectivity index (χ2v) is 6.09. The maximum absolute atomic E-state index is 12.4. The van der Waals surface area contributed by atoms with Crippen LogP contribution in [0, 0.1) is 0 Å². The van der Waals surface area contributed by atoms with Crippen molar-refractivity contribution in [2.45, 2.75) is 25.8 Å². The fraction of sp³-hybridized carbons (Fsp3) is 0.263. The van der Waals surface area contributed by atoms with E-state index in [-0.39, 0.29) is 24.6 Å². The minimum absolute atomic E-state index is 0.0445. The number of alkyl halides is 3. The molecular formula is C19H17F3N2O4. The van der Waals surface area contributed by atoms with Crippen LogP contribution < -0.4 is 19.7 Å². The largest absolute Gasteiger partial charge is 0.573 e. The molecule has 148 valence electrons. The van der Waals surface area contributed by atoms with Crippen molar-refractivity contribution in [1.29, 1.82) is 0 Å². The van der Waals surface area contributed by atoms with Gasteiger partial charge in [-0.15, -0.1) is 13.2 Å². The first-order chi connectivity index (χ1) is 13.2. The lowest BCUT2D eigenvalue weighted by Gasteiger charge is -2.32. The van der Waals surface area contributed by atoms with Crippen LogP contribution in [0.25, 0.3) is 0 Å². The summed E-state index contributed by atoms with van der Waals surface area (Å²) in [6, 6.07) is 12.0. The molecule has 28 heavy (non-hydrogen) atoms. The van der Waals surface area contributed by atoms with E-state index in [1.54, 1.807) is 31.2 Å². The van der Waals surface area contributed by atoms with E-state index < -0.39 is 24.1 Å². The van der Waals surface area contributed by atoms with Gasteiger partial charge in [0.15, 0.2) is 6.10 Å². The van der Waals surface area contributed by atoms with Gasteiger partial charge >= 0.3 is 6.36 Å². The normalized spacial score (nSPS) is 16.2. The van der Waals surface area contributed by atoms with Gasteiger partial charge in [-0.1, -0.05) is 18.2 Å². The molecule has 2 amide bonds. The first-order valence-corrected chi connectivity index (χ1v) is 8.46. The van der Waals surface area contributed by atoms with Gasteiger partial charge < -0.3 is 19.7 Å². The molecule has 0 spiro atoms. The zero-order valence-electron chi connectivity index (χ0n) is 14.8. The minimum Gasteiger partial charge on any atom is -0.479 e. The topological polar surface area (TPSA) is 67.9 Å². The van der Waals surface area contributed by atoms with E-state index in [0.29, 0.717) is 11.4 Å². The molecule has 1 heterocycles. The molecule has 9 heteroatoms. The Morgan fingerprint density at radius 1 is 1.21 bits per heavy atom. The molecule has 3 rings (SSSR count). The monoisotopic (exact) mass is 394 g/mol. The lowest BCUT2D eigenvalue weighted by molar-refractivity contribution is -0.274. The van der Waals surface area contributed by atoms with E-state index in [0.717, 1.165) is 12.1 Å². The van der Waals surface area contributed by atoms with Crippen molar-refractivity contribution in [2.75, 3.05) is 16.8 Å².